The highest BCUT2D eigenvalue weighted by atomic mass is 19.1. The third-order valence-electron chi connectivity index (χ3n) is 6.49. The summed E-state index contributed by atoms with van der Waals surface area (Å²) in [4.78, 5) is 2.49. The minimum Gasteiger partial charge on any atom is -0.508 e. The zero-order chi connectivity index (χ0) is 19.9. The van der Waals surface area contributed by atoms with Crippen molar-refractivity contribution >= 4 is 0 Å². The maximum absolute atomic E-state index is 13.9. The second kappa shape index (κ2) is 7.36. The van der Waals surface area contributed by atoms with Crippen LogP contribution in [0, 0.1) is 23.0 Å². The summed E-state index contributed by atoms with van der Waals surface area (Å²) in [6, 6.07) is 11.3. The third kappa shape index (κ3) is 3.72. The van der Waals surface area contributed by atoms with Gasteiger partial charge in [-0.15, -0.1) is 0 Å². The van der Waals surface area contributed by atoms with E-state index >= 15 is 0 Å². The number of hydrogen-bond donors (Lipinski definition) is 1. The topological polar surface area (TPSA) is 32.7 Å². The third-order valence-corrected chi connectivity index (χ3v) is 6.49. The van der Waals surface area contributed by atoms with E-state index < -0.39 is 11.6 Å². The lowest BCUT2D eigenvalue weighted by molar-refractivity contribution is 0.157. The molecule has 1 saturated carbocycles. The Labute approximate surface area is 164 Å². The van der Waals surface area contributed by atoms with Crippen molar-refractivity contribution in [1.29, 1.82) is 0 Å². The number of para-hydroxylation sites is 1. The molecule has 0 spiro atoms. The van der Waals surface area contributed by atoms with Gasteiger partial charge < -0.3 is 14.7 Å². The van der Waals surface area contributed by atoms with Gasteiger partial charge >= 0.3 is 0 Å². The molecule has 1 N–H and O–H groups in total. The van der Waals surface area contributed by atoms with Crippen LogP contribution >= 0.6 is 0 Å². The first-order valence-electron chi connectivity index (χ1n) is 9.96. The maximum Gasteiger partial charge on any atom is 0.191 e. The van der Waals surface area contributed by atoms with E-state index in [9.17, 15) is 13.9 Å². The number of phenols is 1. The molecule has 0 bridgehead atoms. The molecule has 0 aromatic heterocycles. The molecule has 1 saturated heterocycles. The molecule has 2 aromatic rings. The van der Waals surface area contributed by atoms with E-state index in [1.807, 2.05) is 12.1 Å². The number of fused-ring (bicyclic) bond motifs is 1. The summed E-state index contributed by atoms with van der Waals surface area (Å²) in [6.45, 7) is 7.39. The van der Waals surface area contributed by atoms with E-state index in [1.54, 1.807) is 12.1 Å². The lowest BCUT2D eigenvalue weighted by Crippen LogP contribution is -2.30. The number of benzene rings is 2. The van der Waals surface area contributed by atoms with E-state index in [2.05, 4.69) is 18.7 Å². The minimum atomic E-state index is -0.633. The number of phenolic OH excluding ortho intramolecular Hbond substituents is 1. The molecule has 2 aliphatic rings. The molecule has 150 valence electrons. The average Bonchev–Trinajstić information content (AvgIpc) is 3.09. The van der Waals surface area contributed by atoms with E-state index in [0.29, 0.717) is 11.8 Å². The molecule has 0 amide bonds. The Morgan fingerprint density at radius 2 is 1.86 bits per heavy atom. The highest BCUT2D eigenvalue weighted by Crippen LogP contribution is 2.49. The molecule has 2 fully saturated rings. The monoisotopic (exact) mass is 387 g/mol. The Balaban J connectivity index is 1.36. The van der Waals surface area contributed by atoms with Crippen LogP contribution in [0.5, 0.6) is 11.5 Å². The van der Waals surface area contributed by atoms with Crippen molar-refractivity contribution in [2.45, 2.75) is 38.7 Å². The number of likely N-dealkylation sites (tertiary alicyclic amines) is 1. The van der Waals surface area contributed by atoms with E-state index in [-0.39, 0.29) is 23.0 Å². The number of halogens is 2. The van der Waals surface area contributed by atoms with Gasteiger partial charge in [0.2, 0.25) is 0 Å². The van der Waals surface area contributed by atoms with Crippen LogP contribution in [0.1, 0.15) is 38.2 Å². The fraction of sp³-hybridized carbons (Fsp3) is 0.478. The van der Waals surface area contributed by atoms with Gasteiger partial charge in [-0.25, -0.2) is 8.78 Å². The summed E-state index contributed by atoms with van der Waals surface area (Å²) < 4.78 is 33.5. The molecule has 28 heavy (non-hydrogen) atoms. The Morgan fingerprint density at radius 3 is 2.50 bits per heavy atom. The standard InChI is InChI=1S/C23H27F2NO2/c1-15(16-6-8-18(27)9-7-16)12-26-13-17-10-19(11-23(17,2)14-26)28-22-20(24)4-3-5-21(22)25/h3-9,15,17,19,27H,10-14H2,1-2H3/t15?,17-,19+,23+/m1/s1. The smallest absolute Gasteiger partial charge is 0.191 e. The first-order chi connectivity index (χ1) is 13.3. The number of nitrogens with zero attached hydrogens (tertiary/aromatic N) is 1. The average molecular weight is 387 g/mol. The Kier molecular flexibility index (Phi) is 5.04. The first kappa shape index (κ1) is 19.2. The summed E-state index contributed by atoms with van der Waals surface area (Å²) in [5, 5.41) is 9.46. The van der Waals surface area contributed by atoms with Gasteiger partial charge in [0.25, 0.3) is 0 Å². The molecule has 1 aliphatic heterocycles. The summed E-state index contributed by atoms with van der Waals surface area (Å²) >= 11 is 0. The first-order valence-corrected chi connectivity index (χ1v) is 9.96. The second-order valence-electron chi connectivity index (χ2n) is 8.77. The van der Waals surface area contributed by atoms with Gasteiger partial charge in [0.15, 0.2) is 17.4 Å². The molecule has 1 heterocycles. The van der Waals surface area contributed by atoms with Gasteiger partial charge in [0.1, 0.15) is 5.75 Å². The lowest BCUT2D eigenvalue weighted by Gasteiger charge is -2.26. The van der Waals surface area contributed by atoms with Crippen molar-refractivity contribution < 1.29 is 18.6 Å². The van der Waals surface area contributed by atoms with Crippen LogP contribution in [-0.2, 0) is 0 Å². The van der Waals surface area contributed by atoms with Gasteiger partial charge in [-0.05, 0) is 59.9 Å². The van der Waals surface area contributed by atoms with Crippen molar-refractivity contribution in [2.75, 3.05) is 19.6 Å². The molecule has 4 atom stereocenters. The molecule has 4 rings (SSSR count). The highest BCUT2D eigenvalue weighted by Gasteiger charge is 2.50. The van der Waals surface area contributed by atoms with Crippen molar-refractivity contribution in [3.8, 4) is 11.5 Å². The number of hydrogen-bond acceptors (Lipinski definition) is 3. The molecule has 5 heteroatoms. The maximum atomic E-state index is 13.9. The fourth-order valence-corrected chi connectivity index (χ4v) is 5.03. The number of aromatic hydroxyl groups is 1. The van der Waals surface area contributed by atoms with Crippen molar-refractivity contribution in [3.05, 3.63) is 59.7 Å². The van der Waals surface area contributed by atoms with Crippen molar-refractivity contribution in [3.63, 3.8) is 0 Å². The van der Waals surface area contributed by atoms with Crippen LogP contribution < -0.4 is 4.74 Å². The molecule has 0 radical (unpaired) electrons. The van der Waals surface area contributed by atoms with E-state index in [4.69, 9.17) is 4.74 Å². The van der Waals surface area contributed by atoms with Crippen LogP contribution in [0.2, 0.25) is 0 Å². The Morgan fingerprint density at radius 1 is 1.18 bits per heavy atom. The summed E-state index contributed by atoms with van der Waals surface area (Å²) in [6.07, 6.45) is 1.50. The number of rotatable bonds is 5. The SMILES string of the molecule is CC(CN1C[C@H]2C[C@H](Oc3c(F)cccc3F)C[C@@]2(C)C1)c1ccc(O)cc1. The summed E-state index contributed by atoms with van der Waals surface area (Å²) in [5.41, 5.74) is 1.33. The quantitative estimate of drug-likeness (QED) is 0.788. The van der Waals surface area contributed by atoms with Gasteiger partial charge in [-0.1, -0.05) is 32.0 Å². The zero-order valence-corrected chi connectivity index (χ0v) is 16.4. The van der Waals surface area contributed by atoms with Crippen LogP contribution in [-0.4, -0.2) is 35.7 Å². The molecule has 2 aromatic carbocycles. The van der Waals surface area contributed by atoms with Crippen LogP contribution in [0.3, 0.4) is 0 Å². The van der Waals surface area contributed by atoms with Gasteiger partial charge in [-0.2, -0.15) is 0 Å². The van der Waals surface area contributed by atoms with E-state index in [1.165, 1.54) is 23.8 Å². The lowest BCUT2D eigenvalue weighted by atomic mass is 9.83. The Bertz CT molecular complexity index is 821. The predicted molar refractivity (Wildman–Crippen MR) is 105 cm³/mol. The van der Waals surface area contributed by atoms with Gasteiger partial charge in [-0.3, -0.25) is 0 Å². The zero-order valence-electron chi connectivity index (χ0n) is 16.4. The van der Waals surface area contributed by atoms with Gasteiger partial charge in [0.05, 0.1) is 6.10 Å². The van der Waals surface area contributed by atoms with E-state index in [0.717, 1.165) is 32.5 Å². The largest absolute Gasteiger partial charge is 0.508 e. The predicted octanol–water partition coefficient (Wildman–Crippen LogP) is 4.95. The molecular weight excluding hydrogens is 360 g/mol. The van der Waals surface area contributed by atoms with Crippen molar-refractivity contribution in [2.24, 2.45) is 11.3 Å². The van der Waals surface area contributed by atoms with Crippen molar-refractivity contribution in [1.82, 2.24) is 4.90 Å². The molecule has 1 unspecified atom stereocenters. The molecular formula is C23H27F2NO2. The summed E-state index contributed by atoms with van der Waals surface area (Å²) in [5.74, 6) is -0.370. The molecule has 1 aliphatic carbocycles. The van der Waals surface area contributed by atoms with Crippen LogP contribution in [0.25, 0.3) is 0 Å². The number of ether oxygens (including phenoxy) is 1. The fourth-order valence-electron chi connectivity index (χ4n) is 5.03. The minimum absolute atomic E-state index is 0.112. The van der Waals surface area contributed by atoms with Crippen LogP contribution in [0.15, 0.2) is 42.5 Å². The van der Waals surface area contributed by atoms with Gasteiger partial charge in [0, 0.05) is 19.6 Å². The Hall–Kier alpha value is -2.14. The normalized spacial score (nSPS) is 28.3. The van der Waals surface area contributed by atoms with Crippen LogP contribution in [0.4, 0.5) is 8.78 Å². The highest BCUT2D eigenvalue weighted by molar-refractivity contribution is 5.28. The molecule has 3 nitrogen and oxygen atoms in total. The second-order valence-corrected chi connectivity index (χ2v) is 8.77. The summed E-state index contributed by atoms with van der Waals surface area (Å²) in [7, 11) is 0.